The minimum Gasteiger partial charge on any atom is -0.478 e. The van der Waals surface area contributed by atoms with Gasteiger partial charge in [-0.3, -0.25) is 9.59 Å². The van der Waals surface area contributed by atoms with E-state index in [4.69, 9.17) is 24.4 Å². The van der Waals surface area contributed by atoms with Crippen LogP contribution in [0.3, 0.4) is 0 Å². The molecule has 0 spiro atoms. The number of esters is 3. The molecule has 0 amide bonds. The molecule has 0 atom stereocenters. The third-order valence-electron chi connectivity index (χ3n) is 7.23. The normalized spacial score (nSPS) is 13.9. The molecule has 2 aliphatic rings. The number of unbranched alkanes of at least 4 members (excludes halogenated alkanes) is 10. The smallest absolute Gasteiger partial charge is 0.334 e. The van der Waals surface area contributed by atoms with Gasteiger partial charge in [-0.15, -0.1) is 0 Å². The van der Waals surface area contributed by atoms with E-state index in [1.54, 1.807) is 0 Å². The van der Waals surface area contributed by atoms with E-state index in [2.05, 4.69) is 27.0 Å². The molecule has 0 aromatic heterocycles. The van der Waals surface area contributed by atoms with Crippen molar-refractivity contribution < 1.29 is 43.6 Å². The highest BCUT2D eigenvalue weighted by atomic mass is 16.5. The summed E-state index contributed by atoms with van der Waals surface area (Å²) in [7, 11) is 0. The maximum Gasteiger partial charge on any atom is 0.334 e. The van der Waals surface area contributed by atoms with Crippen molar-refractivity contribution in [1.29, 1.82) is 0 Å². The van der Waals surface area contributed by atoms with E-state index in [0.29, 0.717) is 13.2 Å². The van der Waals surface area contributed by atoms with Crippen LogP contribution >= 0.6 is 0 Å². The summed E-state index contributed by atoms with van der Waals surface area (Å²) in [5.74, 6) is -2.51. The average Bonchev–Trinajstić information content (AvgIpc) is 2.93. The summed E-state index contributed by atoms with van der Waals surface area (Å²) in [6.45, 7) is 12.0. The average molecular weight is 611 g/mol. The van der Waals surface area contributed by atoms with E-state index in [-0.39, 0.29) is 42.2 Å². The summed E-state index contributed by atoms with van der Waals surface area (Å²) in [6, 6.07) is 0. The minimum absolute atomic E-state index is 0.0217. The van der Waals surface area contributed by atoms with Gasteiger partial charge in [0.15, 0.2) is 0 Å². The predicted molar refractivity (Wildman–Crippen MR) is 167 cm³/mol. The van der Waals surface area contributed by atoms with Gasteiger partial charge in [0.25, 0.3) is 0 Å². The van der Waals surface area contributed by atoms with Crippen molar-refractivity contribution in [2.75, 3.05) is 13.2 Å². The van der Waals surface area contributed by atoms with Crippen LogP contribution in [0, 0.1) is 0 Å². The van der Waals surface area contributed by atoms with Gasteiger partial charge in [0.05, 0.1) is 32.2 Å². The van der Waals surface area contributed by atoms with Crippen molar-refractivity contribution in [3.05, 3.63) is 24.3 Å². The molecule has 2 aliphatic carbocycles. The fraction of sp³-hybridized carbons (Fsp3) is 0.765. The first-order valence-corrected chi connectivity index (χ1v) is 16.4. The number of carbonyl (C=O) groups is 4. The van der Waals surface area contributed by atoms with Crippen molar-refractivity contribution in [3.63, 3.8) is 0 Å². The van der Waals surface area contributed by atoms with Gasteiger partial charge in [-0.25, -0.2) is 9.59 Å². The Morgan fingerprint density at radius 3 is 1.40 bits per heavy atom. The largest absolute Gasteiger partial charge is 0.478 e. The highest BCUT2D eigenvalue weighted by molar-refractivity contribution is 5.93. The Labute approximate surface area is 259 Å². The highest BCUT2D eigenvalue weighted by Gasteiger charge is 2.24. The molecule has 0 saturated heterocycles. The van der Waals surface area contributed by atoms with Gasteiger partial charge in [-0.05, 0) is 51.4 Å². The molecule has 9 nitrogen and oxygen atoms in total. The number of rotatable bonds is 21. The Hall–Kier alpha value is -2.68. The molecule has 43 heavy (non-hydrogen) atoms. The SMILES string of the molecule is C=C(CC(=O)OCCCCCCCC)C(=O)O.C=C(CC(=O)OCCCCCCCC)C(=O)OC1CCC1.OC1CCC1. The first kappa shape index (κ1) is 40.3. The first-order chi connectivity index (χ1) is 20.6. The van der Waals surface area contributed by atoms with Crippen LogP contribution < -0.4 is 0 Å². The van der Waals surface area contributed by atoms with Crippen LogP contribution in [0.4, 0.5) is 0 Å². The lowest BCUT2D eigenvalue weighted by Crippen LogP contribution is -2.26. The Morgan fingerprint density at radius 2 is 1.05 bits per heavy atom. The van der Waals surface area contributed by atoms with Crippen LogP contribution in [-0.4, -0.2) is 59.5 Å². The lowest BCUT2D eigenvalue weighted by molar-refractivity contribution is -0.151. The number of hydrogen-bond donors (Lipinski definition) is 2. The van der Waals surface area contributed by atoms with Gasteiger partial charge >= 0.3 is 23.9 Å². The molecule has 0 aromatic carbocycles. The summed E-state index contributed by atoms with van der Waals surface area (Å²) in [5, 5.41) is 17.0. The Morgan fingerprint density at radius 1 is 0.651 bits per heavy atom. The van der Waals surface area contributed by atoms with E-state index in [0.717, 1.165) is 64.2 Å². The fourth-order valence-electron chi connectivity index (χ4n) is 3.85. The number of aliphatic carboxylic acids is 1. The molecule has 0 radical (unpaired) electrons. The summed E-state index contributed by atoms with van der Waals surface area (Å²) in [5.41, 5.74) is 0.0628. The standard InChI is InChI=1S/C17H28O4.C13H22O4.C4H8O/c1-3-4-5-6-7-8-12-20-16(18)13-14(2)17(19)21-15-10-9-11-15;1-3-4-5-6-7-8-9-17-12(14)10-11(2)13(15)16;5-4-2-1-3-4/h15H,2-13H2,1H3;2-10H2,1H3,(H,15,16);4-5H,1-3H2. The quantitative estimate of drug-likeness (QED) is 0.0590. The zero-order valence-corrected chi connectivity index (χ0v) is 26.9. The van der Waals surface area contributed by atoms with E-state index < -0.39 is 17.9 Å². The molecular formula is C34H58O9. The number of aliphatic hydroxyl groups excluding tert-OH is 1. The number of carboxylic acid groups (broad SMARTS) is 1. The molecule has 0 aromatic rings. The van der Waals surface area contributed by atoms with E-state index in [1.807, 2.05) is 0 Å². The molecule has 0 bridgehead atoms. The minimum atomic E-state index is -1.15. The van der Waals surface area contributed by atoms with Gasteiger partial charge in [0.2, 0.25) is 0 Å². The fourth-order valence-corrected chi connectivity index (χ4v) is 3.85. The molecule has 2 rings (SSSR count). The second-order valence-corrected chi connectivity index (χ2v) is 11.4. The van der Waals surface area contributed by atoms with Crippen LogP contribution in [0.25, 0.3) is 0 Å². The van der Waals surface area contributed by atoms with Crippen LogP contribution in [0.15, 0.2) is 24.3 Å². The first-order valence-electron chi connectivity index (χ1n) is 16.4. The molecule has 2 N–H and O–H groups in total. The zero-order valence-electron chi connectivity index (χ0n) is 26.9. The topological polar surface area (TPSA) is 136 Å². The Kier molecular flexibility index (Phi) is 25.2. The third-order valence-corrected chi connectivity index (χ3v) is 7.23. The monoisotopic (exact) mass is 610 g/mol. The molecule has 0 heterocycles. The van der Waals surface area contributed by atoms with Gasteiger partial charge < -0.3 is 24.4 Å². The van der Waals surface area contributed by atoms with Gasteiger partial charge in [0.1, 0.15) is 6.10 Å². The van der Waals surface area contributed by atoms with Crippen molar-refractivity contribution in [2.24, 2.45) is 0 Å². The summed E-state index contributed by atoms with van der Waals surface area (Å²) < 4.78 is 15.2. The van der Waals surface area contributed by atoms with Crippen LogP contribution in [0.5, 0.6) is 0 Å². The van der Waals surface area contributed by atoms with Gasteiger partial charge in [-0.1, -0.05) is 91.2 Å². The van der Waals surface area contributed by atoms with Crippen molar-refractivity contribution in [3.8, 4) is 0 Å². The molecule has 2 saturated carbocycles. The van der Waals surface area contributed by atoms with Crippen molar-refractivity contribution in [2.45, 2.75) is 154 Å². The predicted octanol–water partition coefficient (Wildman–Crippen LogP) is 7.38. The second-order valence-electron chi connectivity index (χ2n) is 11.4. The number of aliphatic hydroxyl groups is 1. The Balaban J connectivity index is 0.000000715. The molecule has 0 aliphatic heterocycles. The third kappa shape index (κ3) is 24.5. The number of carboxylic acids is 1. The lowest BCUT2D eigenvalue weighted by Gasteiger charge is -2.25. The van der Waals surface area contributed by atoms with Gasteiger partial charge in [-0.2, -0.15) is 0 Å². The van der Waals surface area contributed by atoms with E-state index in [1.165, 1.54) is 51.4 Å². The summed E-state index contributed by atoms with van der Waals surface area (Å²) >= 11 is 0. The van der Waals surface area contributed by atoms with E-state index in [9.17, 15) is 19.2 Å². The maximum atomic E-state index is 11.6. The Bertz CT molecular complexity index is 813. The van der Waals surface area contributed by atoms with Gasteiger partial charge in [0, 0.05) is 11.1 Å². The number of ether oxygens (including phenoxy) is 3. The van der Waals surface area contributed by atoms with Crippen LogP contribution in [0.2, 0.25) is 0 Å². The summed E-state index contributed by atoms with van der Waals surface area (Å²) in [6.07, 6.45) is 19.7. The van der Waals surface area contributed by atoms with Crippen molar-refractivity contribution in [1.82, 2.24) is 0 Å². The van der Waals surface area contributed by atoms with E-state index >= 15 is 0 Å². The van der Waals surface area contributed by atoms with Crippen LogP contribution in [0.1, 0.15) is 142 Å². The molecule has 0 unspecified atom stereocenters. The number of hydrogen-bond acceptors (Lipinski definition) is 8. The van der Waals surface area contributed by atoms with Crippen LogP contribution in [-0.2, 0) is 33.4 Å². The number of carbonyl (C=O) groups excluding carboxylic acids is 3. The molecule has 2 fully saturated rings. The molecular weight excluding hydrogens is 552 g/mol. The van der Waals surface area contributed by atoms with Crippen molar-refractivity contribution >= 4 is 23.9 Å². The lowest BCUT2D eigenvalue weighted by atomic mass is 9.96. The molecule has 248 valence electrons. The highest BCUT2D eigenvalue weighted by Crippen LogP contribution is 2.23. The molecule has 9 heteroatoms. The maximum absolute atomic E-state index is 11.6. The summed E-state index contributed by atoms with van der Waals surface area (Å²) in [4.78, 5) is 44.8. The second kappa shape index (κ2) is 26.9. The zero-order chi connectivity index (χ0) is 32.3.